The molecule has 0 spiro atoms. The molecule has 2 nitrogen and oxygen atoms in total. The molecule has 0 amide bonds. The Kier molecular flexibility index (Phi) is 12.3. The van der Waals surface area contributed by atoms with Gasteiger partial charge >= 0.3 is 5.97 Å². The van der Waals surface area contributed by atoms with Gasteiger partial charge in [0.05, 0.1) is 7.11 Å². The molecule has 0 atom stereocenters. The SMILES string of the molecule is C#CC(=O)OC.CC.CC1CCC1. The first kappa shape index (κ1) is 14.5. The van der Waals surface area contributed by atoms with Gasteiger partial charge in [-0.2, -0.15) is 0 Å². The van der Waals surface area contributed by atoms with Crippen LogP contribution in [0.15, 0.2) is 0 Å². The van der Waals surface area contributed by atoms with Crippen molar-refractivity contribution >= 4 is 5.97 Å². The van der Waals surface area contributed by atoms with Gasteiger partial charge in [0.2, 0.25) is 0 Å². The molecule has 0 aliphatic heterocycles. The van der Waals surface area contributed by atoms with Crippen LogP contribution in [0.5, 0.6) is 0 Å². The zero-order valence-electron chi connectivity index (χ0n) is 9.09. The summed E-state index contributed by atoms with van der Waals surface area (Å²) in [5, 5.41) is 0. The molecule has 2 heteroatoms. The first-order valence-corrected chi connectivity index (χ1v) is 4.75. The number of esters is 1. The van der Waals surface area contributed by atoms with Crippen molar-refractivity contribution in [2.45, 2.75) is 40.0 Å². The lowest BCUT2D eigenvalue weighted by molar-refractivity contribution is -0.133. The van der Waals surface area contributed by atoms with E-state index < -0.39 is 5.97 Å². The van der Waals surface area contributed by atoms with E-state index in [0.717, 1.165) is 5.92 Å². The molecule has 0 aromatic heterocycles. The number of carbonyl (C=O) groups excluding carboxylic acids is 1. The third kappa shape index (κ3) is 11.0. The molecule has 1 fully saturated rings. The molecule has 0 radical (unpaired) electrons. The van der Waals surface area contributed by atoms with Crippen molar-refractivity contribution in [2.24, 2.45) is 5.92 Å². The lowest BCUT2D eigenvalue weighted by Gasteiger charge is -2.18. The van der Waals surface area contributed by atoms with Gasteiger partial charge < -0.3 is 4.74 Å². The maximum absolute atomic E-state index is 9.72. The highest BCUT2D eigenvalue weighted by Gasteiger charge is 2.09. The van der Waals surface area contributed by atoms with E-state index in [1.807, 2.05) is 13.8 Å². The second-order valence-corrected chi connectivity index (χ2v) is 2.67. The van der Waals surface area contributed by atoms with Gasteiger partial charge in [-0.1, -0.05) is 40.0 Å². The highest BCUT2D eigenvalue weighted by Crippen LogP contribution is 2.24. The van der Waals surface area contributed by atoms with Crippen molar-refractivity contribution in [3.8, 4) is 12.3 Å². The van der Waals surface area contributed by atoms with Crippen molar-refractivity contribution < 1.29 is 9.53 Å². The molecule has 0 bridgehead atoms. The summed E-state index contributed by atoms with van der Waals surface area (Å²) in [5.74, 6) is 2.19. The third-order valence-corrected chi connectivity index (χ3v) is 1.70. The topological polar surface area (TPSA) is 26.3 Å². The molecular weight excluding hydrogens is 164 g/mol. The molecule has 1 rings (SSSR count). The second-order valence-electron chi connectivity index (χ2n) is 2.67. The number of hydrogen-bond donors (Lipinski definition) is 0. The number of methoxy groups -OCH3 is 1. The van der Waals surface area contributed by atoms with E-state index in [-0.39, 0.29) is 0 Å². The molecule has 0 unspecified atom stereocenters. The van der Waals surface area contributed by atoms with Gasteiger partial charge in [0.15, 0.2) is 0 Å². The molecule has 0 saturated heterocycles. The van der Waals surface area contributed by atoms with Crippen LogP contribution in [-0.4, -0.2) is 13.1 Å². The van der Waals surface area contributed by atoms with E-state index in [2.05, 4.69) is 18.1 Å². The molecule has 0 heterocycles. The Morgan fingerprint density at radius 2 is 1.85 bits per heavy atom. The van der Waals surface area contributed by atoms with Crippen LogP contribution >= 0.6 is 0 Å². The van der Waals surface area contributed by atoms with Gasteiger partial charge in [-0.05, 0) is 5.92 Å². The van der Waals surface area contributed by atoms with Crippen LogP contribution in [0, 0.1) is 18.3 Å². The average Bonchev–Trinajstić information content (AvgIpc) is 2.17. The number of hydrogen-bond acceptors (Lipinski definition) is 2. The van der Waals surface area contributed by atoms with Crippen LogP contribution in [0.3, 0.4) is 0 Å². The third-order valence-electron chi connectivity index (χ3n) is 1.70. The quantitative estimate of drug-likeness (QED) is 0.328. The highest BCUT2D eigenvalue weighted by molar-refractivity contribution is 5.87. The Morgan fingerprint density at radius 1 is 1.46 bits per heavy atom. The summed E-state index contributed by atoms with van der Waals surface area (Å²) in [6.45, 7) is 6.31. The monoisotopic (exact) mass is 184 g/mol. The molecule has 0 N–H and O–H groups in total. The normalized spacial score (nSPS) is 13.2. The molecular formula is C11H20O2. The van der Waals surface area contributed by atoms with E-state index in [1.54, 1.807) is 5.92 Å². The van der Waals surface area contributed by atoms with Gasteiger partial charge in [0.25, 0.3) is 0 Å². The fourth-order valence-electron chi connectivity index (χ4n) is 0.671. The lowest BCUT2D eigenvalue weighted by Crippen LogP contribution is -2.04. The molecule has 13 heavy (non-hydrogen) atoms. The summed E-state index contributed by atoms with van der Waals surface area (Å²) >= 11 is 0. The Bertz CT molecular complexity index is 152. The molecule has 1 saturated carbocycles. The first-order valence-electron chi connectivity index (χ1n) is 4.75. The zero-order valence-corrected chi connectivity index (χ0v) is 9.09. The summed E-state index contributed by atoms with van der Waals surface area (Å²) < 4.78 is 4.02. The predicted octanol–water partition coefficient (Wildman–Crippen LogP) is 2.63. The van der Waals surface area contributed by atoms with Crippen LogP contribution in [0.1, 0.15) is 40.0 Å². The summed E-state index contributed by atoms with van der Waals surface area (Å²) in [5.41, 5.74) is 0. The maximum atomic E-state index is 9.72. The predicted molar refractivity (Wildman–Crippen MR) is 55.2 cm³/mol. The van der Waals surface area contributed by atoms with Gasteiger partial charge in [-0.15, -0.1) is 6.42 Å². The Labute approximate surface area is 81.7 Å². The Hall–Kier alpha value is -0.970. The Balaban J connectivity index is 0. The molecule has 76 valence electrons. The highest BCUT2D eigenvalue weighted by atomic mass is 16.5. The average molecular weight is 184 g/mol. The number of rotatable bonds is 0. The fraction of sp³-hybridized carbons (Fsp3) is 0.727. The van der Waals surface area contributed by atoms with E-state index >= 15 is 0 Å². The van der Waals surface area contributed by atoms with Crippen molar-refractivity contribution in [3.63, 3.8) is 0 Å². The minimum Gasteiger partial charge on any atom is -0.459 e. The molecule has 1 aliphatic carbocycles. The summed E-state index contributed by atoms with van der Waals surface area (Å²) in [7, 11) is 1.24. The van der Waals surface area contributed by atoms with Gasteiger partial charge in [-0.25, -0.2) is 4.79 Å². The van der Waals surface area contributed by atoms with Crippen LogP contribution in [0.25, 0.3) is 0 Å². The van der Waals surface area contributed by atoms with E-state index in [1.165, 1.54) is 26.4 Å². The van der Waals surface area contributed by atoms with E-state index in [4.69, 9.17) is 0 Å². The summed E-state index contributed by atoms with van der Waals surface area (Å²) in [4.78, 5) is 9.72. The van der Waals surface area contributed by atoms with Crippen LogP contribution < -0.4 is 0 Å². The first-order chi connectivity index (χ1) is 6.20. The van der Waals surface area contributed by atoms with Crippen molar-refractivity contribution in [1.82, 2.24) is 0 Å². The van der Waals surface area contributed by atoms with Gasteiger partial charge in [0.1, 0.15) is 0 Å². The van der Waals surface area contributed by atoms with Crippen molar-refractivity contribution in [2.75, 3.05) is 7.11 Å². The second kappa shape index (κ2) is 11.0. The number of carbonyl (C=O) groups is 1. The minimum atomic E-state index is -0.630. The summed E-state index contributed by atoms with van der Waals surface area (Å²) in [6.07, 6.45) is 9.02. The maximum Gasteiger partial charge on any atom is 0.383 e. The van der Waals surface area contributed by atoms with Crippen LogP contribution in [0.2, 0.25) is 0 Å². The zero-order chi connectivity index (χ0) is 10.7. The molecule has 0 aromatic rings. The van der Waals surface area contributed by atoms with Gasteiger partial charge in [0, 0.05) is 5.92 Å². The minimum absolute atomic E-state index is 0.630. The van der Waals surface area contributed by atoms with Crippen LogP contribution in [-0.2, 0) is 9.53 Å². The van der Waals surface area contributed by atoms with E-state index in [9.17, 15) is 4.79 Å². The summed E-state index contributed by atoms with van der Waals surface area (Å²) in [6, 6.07) is 0. The molecule has 1 aliphatic rings. The van der Waals surface area contributed by atoms with Crippen molar-refractivity contribution in [3.05, 3.63) is 0 Å². The fourth-order valence-corrected chi connectivity index (χ4v) is 0.671. The molecule has 0 aromatic carbocycles. The lowest BCUT2D eigenvalue weighted by atomic mass is 9.88. The number of terminal acetylenes is 1. The largest absolute Gasteiger partial charge is 0.459 e. The van der Waals surface area contributed by atoms with Crippen LogP contribution in [0.4, 0.5) is 0 Å². The Morgan fingerprint density at radius 3 is 1.85 bits per heavy atom. The smallest absolute Gasteiger partial charge is 0.383 e. The number of ether oxygens (including phenoxy) is 1. The van der Waals surface area contributed by atoms with Gasteiger partial charge in [-0.3, -0.25) is 0 Å². The van der Waals surface area contributed by atoms with Crippen molar-refractivity contribution in [1.29, 1.82) is 0 Å². The standard InChI is InChI=1S/C5H10.C4H4O2.C2H6/c1-5-3-2-4-5;1-3-4(5)6-2;1-2/h5H,2-4H2,1H3;1H,2H3;1-2H3. The van der Waals surface area contributed by atoms with E-state index in [0.29, 0.717) is 0 Å².